The zero-order chi connectivity index (χ0) is 23.0. The van der Waals surface area contributed by atoms with E-state index >= 15 is 0 Å². The molecule has 9 heteroatoms. The van der Waals surface area contributed by atoms with Crippen LogP contribution in [0.15, 0.2) is 53.7 Å². The van der Waals surface area contributed by atoms with E-state index in [1.807, 2.05) is 31.2 Å². The third kappa shape index (κ3) is 6.35. The van der Waals surface area contributed by atoms with Gasteiger partial charge in [-0.25, -0.2) is 4.98 Å². The molecule has 1 heterocycles. The fourth-order valence-corrected chi connectivity index (χ4v) is 4.33. The second-order valence-electron chi connectivity index (χ2n) is 7.96. The van der Waals surface area contributed by atoms with Crippen molar-refractivity contribution in [2.75, 3.05) is 11.1 Å². The molecule has 33 heavy (non-hydrogen) atoms. The molecule has 3 aromatic rings. The molecule has 0 unspecified atom stereocenters. The van der Waals surface area contributed by atoms with Crippen molar-refractivity contribution in [3.8, 4) is 5.75 Å². The minimum absolute atomic E-state index is 0.120. The highest BCUT2D eigenvalue weighted by Gasteiger charge is 2.20. The third-order valence-corrected chi connectivity index (χ3v) is 6.29. The average molecular weight is 466 g/mol. The molecule has 1 saturated carbocycles. The van der Waals surface area contributed by atoms with E-state index < -0.39 is 0 Å². The maximum absolute atomic E-state index is 12.7. The molecule has 1 aliphatic carbocycles. The molecular formula is C24H27N5O3S. The number of nitrogens with zero attached hydrogens (tertiary/aromatic N) is 2. The molecule has 0 saturated heterocycles. The summed E-state index contributed by atoms with van der Waals surface area (Å²) in [5.41, 5.74) is 2.01. The van der Waals surface area contributed by atoms with Gasteiger partial charge in [-0.05, 0) is 43.5 Å². The van der Waals surface area contributed by atoms with E-state index in [2.05, 4.69) is 25.8 Å². The Balaban J connectivity index is 1.28. The number of carbonyl (C=O) groups is 2. The lowest BCUT2D eigenvalue weighted by Crippen LogP contribution is -2.33. The van der Waals surface area contributed by atoms with Crippen molar-refractivity contribution in [1.82, 2.24) is 20.5 Å². The number of ether oxygens (including phenoxy) is 1. The first kappa shape index (κ1) is 22.8. The Hall–Kier alpha value is -3.33. The molecule has 2 amide bonds. The topological polar surface area (TPSA) is 109 Å². The average Bonchev–Trinajstić information content (AvgIpc) is 3.49. The lowest BCUT2D eigenvalue weighted by Gasteiger charge is -2.14. The van der Waals surface area contributed by atoms with Crippen molar-refractivity contribution in [3.05, 3.63) is 65.5 Å². The predicted molar refractivity (Wildman–Crippen MR) is 127 cm³/mol. The molecule has 1 aromatic heterocycles. The molecular weight excluding hydrogens is 438 g/mol. The van der Waals surface area contributed by atoms with Gasteiger partial charge in [-0.15, -0.1) is 5.10 Å². The number of para-hydroxylation sites is 2. The number of benzene rings is 2. The molecule has 8 nitrogen and oxygen atoms in total. The number of amides is 2. The minimum Gasteiger partial charge on any atom is -0.485 e. The van der Waals surface area contributed by atoms with Gasteiger partial charge in [0.05, 0.1) is 17.0 Å². The number of thioether (sulfide) groups is 1. The van der Waals surface area contributed by atoms with Crippen LogP contribution in [-0.2, 0) is 11.4 Å². The second kappa shape index (κ2) is 11.0. The number of hydrogen-bond donors (Lipinski definition) is 3. The summed E-state index contributed by atoms with van der Waals surface area (Å²) in [6.07, 6.45) is 4.29. The van der Waals surface area contributed by atoms with Crippen molar-refractivity contribution < 1.29 is 14.3 Å². The minimum atomic E-state index is -0.233. The molecule has 1 fully saturated rings. The number of aromatic nitrogens is 3. The number of aromatic amines is 1. The summed E-state index contributed by atoms with van der Waals surface area (Å²) in [7, 11) is 0. The Bertz CT molecular complexity index is 1110. The number of nitrogens with one attached hydrogen (secondary N) is 3. The van der Waals surface area contributed by atoms with Crippen LogP contribution in [0, 0.1) is 6.92 Å². The number of hydrogen-bond acceptors (Lipinski definition) is 6. The fraction of sp³-hybridized carbons (Fsp3) is 0.333. The van der Waals surface area contributed by atoms with Gasteiger partial charge < -0.3 is 15.4 Å². The van der Waals surface area contributed by atoms with E-state index in [0.717, 1.165) is 37.0 Å². The van der Waals surface area contributed by atoms with Gasteiger partial charge in [0.25, 0.3) is 5.91 Å². The van der Waals surface area contributed by atoms with Gasteiger partial charge in [0, 0.05) is 6.04 Å². The highest BCUT2D eigenvalue weighted by atomic mass is 32.2. The summed E-state index contributed by atoms with van der Waals surface area (Å²) in [6, 6.07) is 15.0. The first-order valence-electron chi connectivity index (χ1n) is 11.0. The quantitative estimate of drug-likeness (QED) is 0.411. The molecule has 0 spiro atoms. The van der Waals surface area contributed by atoms with Crippen LogP contribution in [0.5, 0.6) is 5.75 Å². The first-order chi connectivity index (χ1) is 16.1. The van der Waals surface area contributed by atoms with Crippen molar-refractivity contribution in [2.24, 2.45) is 0 Å². The van der Waals surface area contributed by atoms with Crippen LogP contribution in [0.2, 0.25) is 0 Å². The number of rotatable bonds is 9. The molecule has 0 radical (unpaired) electrons. The van der Waals surface area contributed by atoms with Crippen LogP contribution in [0.25, 0.3) is 0 Å². The fourth-order valence-electron chi connectivity index (χ4n) is 3.71. The van der Waals surface area contributed by atoms with E-state index in [-0.39, 0.29) is 30.2 Å². The molecule has 3 N–H and O–H groups in total. The largest absolute Gasteiger partial charge is 0.485 e. The maximum atomic E-state index is 12.7. The molecule has 0 bridgehead atoms. The van der Waals surface area contributed by atoms with Crippen LogP contribution < -0.4 is 15.4 Å². The Morgan fingerprint density at radius 1 is 1.12 bits per heavy atom. The number of anilines is 1. The highest BCUT2D eigenvalue weighted by Crippen LogP contribution is 2.21. The monoisotopic (exact) mass is 465 g/mol. The standard InChI is InChI=1S/C24H27N5O3S/c1-16-8-2-7-13-20(16)32-14-21-27-24(29-28-21)33-15-22(30)26-19-12-6-5-11-18(19)23(31)25-17-9-3-4-10-17/h2,5-8,11-13,17H,3-4,9-10,14-15H2,1H3,(H,25,31)(H,26,30)(H,27,28,29). The van der Waals surface area contributed by atoms with Gasteiger partial charge in [0.15, 0.2) is 5.82 Å². The van der Waals surface area contributed by atoms with Gasteiger partial charge in [-0.2, -0.15) is 0 Å². The van der Waals surface area contributed by atoms with Gasteiger partial charge in [0.2, 0.25) is 11.1 Å². The SMILES string of the molecule is Cc1ccccc1OCc1nc(SCC(=O)Nc2ccccc2C(=O)NC2CCCC2)n[nH]1. The summed E-state index contributed by atoms with van der Waals surface area (Å²) in [6.45, 7) is 2.24. The van der Waals surface area contributed by atoms with Crippen LogP contribution in [0.1, 0.15) is 47.4 Å². The summed E-state index contributed by atoms with van der Waals surface area (Å²) >= 11 is 1.21. The van der Waals surface area contributed by atoms with Crippen molar-refractivity contribution in [2.45, 2.75) is 50.4 Å². The van der Waals surface area contributed by atoms with Crippen LogP contribution in [0.3, 0.4) is 0 Å². The van der Waals surface area contributed by atoms with Gasteiger partial charge in [0.1, 0.15) is 12.4 Å². The van der Waals surface area contributed by atoms with Crippen molar-refractivity contribution in [1.29, 1.82) is 0 Å². The van der Waals surface area contributed by atoms with Gasteiger partial charge in [-0.1, -0.05) is 54.9 Å². The molecule has 172 valence electrons. The summed E-state index contributed by atoms with van der Waals surface area (Å²) in [5, 5.41) is 13.3. The zero-order valence-corrected chi connectivity index (χ0v) is 19.3. The Kier molecular flexibility index (Phi) is 7.62. The van der Waals surface area contributed by atoms with Gasteiger partial charge in [-0.3, -0.25) is 14.7 Å². The Morgan fingerprint density at radius 2 is 1.88 bits per heavy atom. The molecule has 2 aromatic carbocycles. The van der Waals surface area contributed by atoms with Gasteiger partial charge >= 0.3 is 0 Å². The number of carbonyl (C=O) groups excluding carboxylic acids is 2. The lowest BCUT2D eigenvalue weighted by atomic mass is 10.1. The smallest absolute Gasteiger partial charge is 0.253 e. The van der Waals surface area contributed by atoms with Crippen LogP contribution >= 0.6 is 11.8 Å². The second-order valence-corrected chi connectivity index (χ2v) is 8.90. The van der Waals surface area contributed by atoms with Crippen molar-refractivity contribution >= 4 is 29.3 Å². The number of H-pyrrole nitrogens is 1. The van der Waals surface area contributed by atoms with E-state index in [0.29, 0.717) is 22.2 Å². The Labute approximate surface area is 196 Å². The molecule has 1 aliphatic rings. The molecule has 0 aliphatic heterocycles. The number of aryl methyl sites for hydroxylation is 1. The van der Waals surface area contributed by atoms with E-state index in [4.69, 9.17) is 4.74 Å². The molecule has 0 atom stereocenters. The summed E-state index contributed by atoms with van der Waals surface area (Å²) in [4.78, 5) is 29.5. The van der Waals surface area contributed by atoms with E-state index in [1.165, 1.54) is 11.8 Å². The predicted octanol–water partition coefficient (Wildman–Crippen LogP) is 4.10. The third-order valence-electron chi connectivity index (χ3n) is 5.44. The zero-order valence-electron chi connectivity index (χ0n) is 18.5. The van der Waals surface area contributed by atoms with Crippen LogP contribution in [-0.4, -0.2) is 38.8 Å². The molecule has 4 rings (SSSR count). The lowest BCUT2D eigenvalue weighted by molar-refractivity contribution is -0.113. The van der Waals surface area contributed by atoms with E-state index in [1.54, 1.807) is 24.3 Å². The van der Waals surface area contributed by atoms with Crippen LogP contribution in [0.4, 0.5) is 5.69 Å². The Morgan fingerprint density at radius 3 is 2.70 bits per heavy atom. The highest BCUT2D eigenvalue weighted by molar-refractivity contribution is 7.99. The van der Waals surface area contributed by atoms with Crippen molar-refractivity contribution in [3.63, 3.8) is 0 Å². The summed E-state index contributed by atoms with van der Waals surface area (Å²) < 4.78 is 5.76. The van der Waals surface area contributed by atoms with E-state index in [9.17, 15) is 9.59 Å². The first-order valence-corrected chi connectivity index (χ1v) is 12.0. The summed E-state index contributed by atoms with van der Waals surface area (Å²) in [5.74, 6) is 1.10. The maximum Gasteiger partial charge on any atom is 0.253 e. The normalized spacial score (nSPS) is 13.6.